The van der Waals surface area contributed by atoms with E-state index in [1.54, 1.807) is 4.52 Å². The number of piperazine rings is 1. The van der Waals surface area contributed by atoms with Crippen LogP contribution in [0.3, 0.4) is 0 Å². The predicted octanol–water partition coefficient (Wildman–Crippen LogP) is 2.72. The van der Waals surface area contributed by atoms with Crippen molar-refractivity contribution in [1.82, 2.24) is 39.4 Å². The molecule has 1 fully saturated rings. The average Bonchev–Trinajstić information content (AvgIpc) is 3.41. The number of carbonyl (C=O) groups is 1. The molecule has 38 heavy (non-hydrogen) atoms. The zero-order valence-electron chi connectivity index (χ0n) is 22.3. The van der Waals surface area contributed by atoms with Crippen molar-refractivity contribution < 1.29 is 9.59 Å². The molecule has 198 valence electrons. The number of amides is 1. The Morgan fingerprint density at radius 1 is 1.00 bits per heavy atom. The quantitative estimate of drug-likeness (QED) is 0.309. The van der Waals surface area contributed by atoms with Gasteiger partial charge in [0.05, 0.1) is 5.69 Å². The summed E-state index contributed by atoms with van der Waals surface area (Å²) in [4.78, 5) is 25.8. The molecule has 0 saturated carbocycles. The fourth-order valence-electron chi connectivity index (χ4n) is 4.87. The summed E-state index contributed by atoms with van der Waals surface area (Å²) in [6, 6.07) is 12.4. The summed E-state index contributed by atoms with van der Waals surface area (Å²) >= 11 is 0. The third kappa shape index (κ3) is 6.01. The van der Waals surface area contributed by atoms with Crippen LogP contribution in [0, 0.1) is 33.1 Å². The largest absolute Gasteiger partial charge is 0.340 e. The van der Waals surface area contributed by atoms with Crippen molar-refractivity contribution in [2.75, 3.05) is 26.2 Å². The highest BCUT2D eigenvalue weighted by Gasteiger charge is 2.22. The molecule has 4 aromatic rings. The maximum absolute atomic E-state index is 13.0. The Hall–Kier alpha value is -4.21. The maximum Gasteiger partial charge on any atom is 0.231 e. The van der Waals surface area contributed by atoms with Crippen LogP contribution in [0.15, 0.2) is 36.4 Å². The molecule has 1 amide bonds. The highest BCUT2D eigenvalue weighted by atomic mass is 16.2. The average molecular weight is 516 g/mol. The first-order valence-electron chi connectivity index (χ1n) is 12.6. The molecule has 0 unspecified atom stereocenters. The third-order valence-electron chi connectivity index (χ3n) is 6.87. The topological polar surface area (TPSA) is 125 Å². The van der Waals surface area contributed by atoms with Gasteiger partial charge in [0.1, 0.15) is 0 Å². The molecule has 11 heteroatoms. The first-order chi connectivity index (χ1) is 18.3. The van der Waals surface area contributed by atoms with Gasteiger partial charge in [-0.05, 0) is 57.4 Å². The molecular formula is C27H33N9O2. The Bertz CT molecular complexity index is 1460. The molecular weight excluding hydrogens is 482 g/mol. The number of isocyanates is 1. The zero-order chi connectivity index (χ0) is 27.2. The second-order valence-corrected chi connectivity index (χ2v) is 9.52. The minimum atomic E-state index is 0.214. The number of nitrogens with one attached hydrogen (secondary N) is 1. The van der Waals surface area contributed by atoms with Gasteiger partial charge in [0.2, 0.25) is 12.0 Å². The summed E-state index contributed by atoms with van der Waals surface area (Å²) in [5, 5.41) is 22.9. The molecule has 1 saturated heterocycles. The van der Waals surface area contributed by atoms with Gasteiger partial charge < -0.3 is 4.90 Å². The Balaban J connectivity index is 0.00000107. The van der Waals surface area contributed by atoms with Crippen LogP contribution in [0.5, 0.6) is 0 Å². The number of nitrogens with zero attached hydrogens (tertiary/aromatic N) is 8. The lowest BCUT2D eigenvalue weighted by atomic mass is 10.1. The number of benzene rings is 1. The molecule has 0 aliphatic carbocycles. The second-order valence-electron chi connectivity index (χ2n) is 9.52. The van der Waals surface area contributed by atoms with Crippen LogP contribution in [0.25, 0.3) is 11.5 Å². The van der Waals surface area contributed by atoms with Crippen LogP contribution in [-0.4, -0.2) is 77.6 Å². The predicted molar refractivity (Wildman–Crippen MR) is 142 cm³/mol. The van der Waals surface area contributed by atoms with E-state index >= 15 is 0 Å². The van der Waals surface area contributed by atoms with Gasteiger partial charge in [0.15, 0.2) is 17.3 Å². The van der Waals surface area contributed by atoms with Gasteiger partial charge in [0, 0.05) is 44.8 Å². The van der Waals surface area contributed by atoms with E-state index in [2.05, 4.69) is 51.4 Å². The lowest BCUT2D eigenvalue weighted by Gasteiger charge is -2.35. The second kappa shape index (κ2) is 11.9. The van der Waals surface area contributed by atoms with E-state index in [0.29, 0.717) is 24.3 Å². The Morgan fingerprint density at radius 2 is 1.74 bits per heavy atom. The fraction of sp³-hybridized carbons (Fsp3) is 0.407. The van der Waals surface area contributed by atoms with Crippen LogP contribution < -0.4 is 0 Å². The third-order valence-corrected chi connectivity index (χ3v) is 6.87. The van der Waals surface area contributed by atoms with Gasteiger partial charge in [-0.15, -0.1) is 15.3 Å². The lowest BCUT2D eigenvalue weighted by molar-refractivity contribution is -0.133. The molecule has 0 bridgehead atoms. The zero-order valence-corrected chi connectivity index (χ0v) is 22.3. The molecule has 5 rings (SSSR count). The van der Waals surface area contributed by atoms with Crippen molar-refractivity contribution in [3.8, 4) is 5.82 Å². The van der Waals surface area contributed by atoms with Crippen LogP contribution in [0.4, 0.5) is 0 Å². The van der Waals surface area contributed by atoms with Crippen LogP contribution in [0.1, 0.15) is 40.3 Å². The molecule has 1 N–H and O–H groups in total. The van der Waals surface area contributed by atoms with Gasteiger partial charge in [-0.1, -0.05) is 29.8 Å². The first-order valence-corrected chi connectivity index (χ1v) is 12.6. The Kier molecular flexibility index (Phi) is 8.40. The van der Waals surface area contributed by atoms with Crippen LogP contribution in [-0.2, 0) is 22.6 Å². The van der Waals surface area contributed by atoms with E-state index in [1.807, 2.05) is 42.5 Å². The minimum absolute atomic E-state index is 0.214. The van der Waals surface area contributed by atoms with E-state index in [9.17, 15) is 4.79 Å². The number of rotatable bonds is 6. The normalized spacial score (nSPS) is 13.7. The highest BCUT2D eigenvalue weighted by Crippen LogP contribution is 2.20. The first kappa shape index (κ1) is 26.8. The SMILES string of the molecule is Cc1cccc(CN2CCN(C(=O)CCc3c(C)nn(-c4ccc5nnc(C)n5n4)c3C)CC2)c1.N=C=O. The summed E-state index contributed by atoms with van der Waals surface area (Å²) in [5.74, 6) is 1.66. The summed E-state index contributed by atoms with van der Waals surface area (Å²) in [5.41, 5.74) is 6.38. The van der Waals surface area contributed by atoms with E-state index in [0.717, 1.165) is 61.6 Å². The van der Waals surface area contributed by atoms with Crippen molar-refractivity contribution >= 4 is 17.6 Å². The summed E-state index contributed by atoms with van der Waals surface area (Å²) in [6.07, 6.45) is 1.91. The number of hydrogen-bond donors (Lipinski definition) is 1. The summed E-state index contributed by atoms with van der Waals surface area (Å²) < 4.78 is 3.56. The smallest absolute Gasteiger partial charge is 0.231 e. The van der Waals surface area contributed by atoms with Crippen molar-refractivity contribution in [3.63, 3.8) is 0 Å². The molecule has 4 heterocycles. The van der Waals surface area contributed by atoms with Gasteiger partial charge >= 0.3 is 0 Å². The van der Waals surface area contributed by atoms with Crippen molar-refractivity contribution in [3.05, 3.63) is 70.3 Å². The molecule has 1 aliphatic heterocycles. The van der Waals surface area contributed by atoms with E-state index in [4.69, 9.17) is 15.3 Å². The number of aryl methyl sites for hydroxylation is 3. The van der Waals surface area contributed by atoms with Gasteiger partial charge in [-0.3, -0.25) is 9.69 Å². The van der Waals surface area contributed by atoms with E-state index in [-0.39, 0.29) is 5.91 Å². The molecule has 1 aliphatic rings. The number of carbonyl (C=O) groups excluding carboxylic acids is 2. The number of fused-ring (bicyclic) bond motifs is 1. The van der Waals surface area contributed by atoms with Crippen molar-refractivity contribution in [2.24, 2.45) is 0 Å². The van der Waals surface area contributed by atoms with Gasteiger partial charge in [0.25, 0.3) is 0 Å². The fourth-order valence-corrected chi connectivity index (χ4v) is 4.87. The Morgan fingerprint density at radius 3 is 2.45 bits per heavy atom. The molecule has 0 spiro atoms. The minimum Gasteiger partial charge on any atom is -0.340 e. The molecule has 3 aromatic heterocycles. The molecule has 11 nitrogen and oxygen atoms in total. The lowest BCUT2D eigenvalue weighted by Crippen LogP contribution is -2.48. The standard InChI is InChI=1S/C26H32N8O.CHNO/c1-18-6-5-7-22(16-18)17-31-12-14-32(15-13-31)26(35)11-8-23-19(2)29-33(20(23)3)25-10-9-24-28-27-21(4)34(24)30-25;2-1-3/h5-7,9-10,16H,8,11-15,17H2,1-4H3;2H. The van der Waals surface area contributed by atoms with E-state index < -0.39 is 0 Å². The maximum atomic E-state index is 13.0. The van der Waals surface area contributed by atoms with Crippen LogP contribution in [0.2, 0.25) is 0 Å². The van der Waals surface area contributed by atoms with Crippen molar-refractivity contribution in [1.29, 1.82) is 5.41 Å². The molecule has 0 radical (unpaired) electrons. The summed E-state index contributed by atoms with van der Waals surface area (Å²) in [6.45, 7) is 12.4. The molecule has 1 aromatic carbocycles. The van der Waals surface area contributed by atoms with Gasteiger partial charge in [-0.25, -0.2) is 14.9 Å². The summed E-state index contributed by atoms with van der Waals surface area (Å²) in [7, 11) is 0. The number of hydrogen-bond acceptors (Lipinski definition) is 8. The number of aromatic nitrogens is 6. The molecule has 0 atom stereocenters. The van der Waals surface area contributed by atoms with Crippen molar-refractivity contribution in [2.45, 2.75) is 47.1 Å². The monoisotopic (exact) mass is 515 g/mol. The highest BCUT2D eigenvalue weighted by molar-refractivity contribution is 5.76. The van der Waals surface area contributed by atoms with Crippen LogP contribution >= 0.6 is 0 Å². The van der Waals surface area contributed by atoms with Gasteiger partial charge in [-0.2, -0.15) is 9.61 Å². The van der Waals surface area contributed by atoms with E-state index in [1.165, 1.54) is 11.1 Å². The Labute approximate surface area is 221 Å².